The van der Waals surface area contributed by atoms with Crippen LogP contribution in [0.15, 0.2) is 18.2 Å². The number of hydrogen-bond acceptors (Lipinski definition) is 4. The predicted molar refractivity (Wildman–Crippen MR) is 59.3 cm³/mol. The number of nitrogens with one attached hydrogen (secondary N) is 1. The summed E-state index contributed by atoms with van der Waals surface area (Å²) in [7, 11) is 1.57. The Kier molecular flexibility index (Phi) is 3.40. The van der Waals surface area contributed by atoms with Crippen molar-refractivity contribution < 1.29 is 9.47 Å². The van der Waals surface area contributed by atoms with E-state index in [0.29, 0.717) is 17.9 Å². The number of benzene rings is 1. The number of ether oxygens (including phenoxy) is 2. The summed E-state index contributed by atoms with van der Waals surface area (Å²) in [5, 5.41) is 12.3. The van der Waals surface area contributed by atoms with Crippen LogP contribution in [-0.2, 0) is 4.74 Å². The lowest BCUT2D eigenvalue weighted by atomic mass is 10.0. The van der Waals surface area contributed by atoms with Crippen molar-refractivity contribution in [3.63, 3.8) is 0 Å². The largest absolute Gasteiger partial charge is 0.495 e. The molecule has 0 bridgehead atoms. The van der Waals surface area contributed by atoms with Gasteiger partial charge in [0.1, 0.15) is 11.8 Å². The average molecular weight is 218 g/mol. The SMILES string of the molecule is COc1ccc(C2COCCN2)cc1C#N. The highest BCUT2D eigenvalue weighted by atomic mass is 16.5. The van der Waals surface area contributed by atoms with Gasteiger partial charge in [-0.3, -0.25) is 0 Å². The second-order valence-corrected chi connectivity index (χ2v) is 3.65. The molecule has 16 heavy (non-hydrogen) atoms. The van der Waals surface area contributed by atoms with Crippen molar-refractivity contribution in [3.05, 3.63) is 29.3 Å². The number of nitriles is 1. The smallest absolute Gasteiger partial charge is 0.136 e. The van der Waals surface area contributed by atoms with E-state index in [4.69, 9.17) is 14.7 Å². The van der Waals surface area contributed by atoms with Gasteiger partial charge in [-0.1, -0.05) is 6.07 Å². The highest BCUT2D eigenvalue weighted by Crippen LogP contribution is 2.23. The highest BCUT2D eigenvalue weighted by Gasteiger charge is 2.16. The van der Waals surface area contributed by atoms with Crippen LogP contribution in [0, 0.1) is 11.3 Å². The summed E-state index contributed by atoms with van der Waals surface area (Å²) in [6, 6.07) is 7.95. The van der Waals surface area contributed by atoms with Crippen LogP contribution in [0.2, 0.25) is 0 Å². The van der Waals surface area contributed by atoms with E-state index in [1.165, 1.54) is 0 Å². The van der Waals surface area contributed by atoms with Crippen LogP contribution < -0.4 is 10.1 Å². The van der Waals surface area contributed by atoms with Gasteiger partial charge in [0.25, 0.3) is 0 Å². The lowest BCUT2D eigenvalue weighted by molar-refractivity contribution is 0.0768. The van der Waals surface area contributed by atoms with Crippen LogP contribution in [0.3, 0.4) is 0 Å². The summed E-state index contributed by atoms with van der Waals surface area (Å²) >= 11 is 0. The van der Waals surface area contributed by atoms with E-state index in [1.54, 1.807) is 7.11 Å². The molecule has 0 saturated carbocycles. The first kappa shape index (κ1) is 10.9. The fraction of sp³-hybridized carbons (Fsp3) is 0.417. The highest BCUT2D eigenvalue weighted by molar-refractivity contribution is 5.46. The number of morpholine rings is 1. The Bertz CT molecular complexity index is 406. The molecule has 1 N–H and O–H groups in total. The summed E-state index contributed by atoms with van der Waals surface area (Å²) in [6.07, 6.45) is 0. The lowest BCUT2D eigenvalue weighted by Gasteiger charge is -2.24. The topological polar surface area (TPSA) is 54.3 Å². The van der Waals surface area contributed by atoms with E-state index in [2.05, 4.69) is 11.4 Å². The van der Waals surface area contributed by atoms with Gasteiger partial charge in [-0.2, -0.15) is 5.26 Å². The van der Waals surface area contributed by atoms with Crippen molar-refractivity contribution in [2.45, 2.75) is 6.04 Å². The maximum atomic E-state index is 8.99. The Balaban J connectivity index is 2.25. The quantitative estimate of drug-likeness (QED) is 0.811. The molecule has 1 aromatic carbocycles. The van der Waals surface area contributed by atoms with Crippen molar-refractivity contribution in [1.82, 2.24) is 5.32 Å². The molecule has 84 valence electrons. The normalized spacial score (nSPS) is 20.1. The Morgan fingerprint density at radius 1 is 1.56 bits per heavy atom. The van der Waals surface area contributed by atoms with Gasteiger partial charge in [-0.15, -0.1) is 0 Å². The van der Waals surface area contributed by atoms with E-state index < -0.39 is 0 Å². The van der Waals surface area contributed by atoms with Crippen LogP contribution in [-0.4, -0.2) is 26.9 Å². The summed E-state index contributed by atoms with van der Waals surface area (Å²) in [6.45, 7) is 2.24. The molecule has 4 heteroatoms. The fourth-order valence-electron chi connectivity index (χ4n) is 1.81. The molecule has 1 heterocycles. The fourth-order valence-corrected chi connectivity index (χ4v) is 1.81. The van der Waals surface area contributed by atoms with Gasteiger partial charge in [-0.05, 0) is 17.7 Å². The molecule has 1 aliphatic rings. The third-order valence-corrected chi connectivity index (χ3v) is 2.67. The standard InChI is InChI=1S/C12H14N2O2/c1-15-12-3-2-9(6-10(12)7-13)11-8-16-5-4-14-11/h2-3,6,11,14H,4-5,8H2,1H3. The summed E-state index contributed by atoms with van der Waals surface area (Å²) in [5.41, 5.74) is 1.63. The number of rotatable bonds is 2. The van der Waals surface area contributed by atoms with E-state index in [0.717, 1.165) is 18.7 Å². The third-order valence-electron chi connectivity index (χ3n) is 2.67. The third kappa shape index (κ3) is 2.16. The maximum absolute atomic E-state index is 8.99. The van der Waals surface area contributed by atoms with Gasteiger partial charge in [0.2, 0.25) is 0 Å². The minimum atomic E-state index is 0.173. The summed E-state index contributed by atoms with van der Waals surface area (Å²) < 4.78 is 10.5. The van der Waals surface area contributed by atoms with Gasteiger partial charge in [0, 0.05) is 6.54 Å². The molecule has 0 radical (unpaired) electrons. The zero-order valence-electron chi connectivity index (χ0n) is 9.19. The molecule has 1 atom stereocenters. The molecule has 0 aromatic heterocycles. The van der Waals surface area contributed by atoms with Crippen molar-refractivity contribution >= 4 is 0 Å². The van der Waals surface area contributed by atoms with Crippen molar-refractivity contribution in [2.75, 3.05) is 26.9 Å². The van der Waals surface area contributed by atoms with Crippen LogP contribution in [0.5, 0.6) is 5.75 Å². The Labute approximate surface area is 94.8 Å². The van der Waals surface area contributed by atoms with Gasteiger partial charge >= 0.3 is 0 Å². The predicted octanol–water partition coefficient (Wildman–Crippen LogP) is 1.23. The molecule has 2 rings (SSSR count). The molecular weight excluding hydrogens is 204 g/mol. The molecule has 1 aliphatic heterocycles. The first-order valence-electron chi connectivity index (χ1n) is 5.24. The lowest BCUT2D eigenvalue weighted by Crippen LogP contribution is -2.34. The molecule has 0 aliphatic carbocycles. The second-order valence-electron chi connectivity index (χ2n) is 3.65. The van der Waals surface area contributed by atoms with Crippen LogP contribution >= 0.6 is 0 Å². The van der Waals surface area contributed by atoms with Crippen molar-refractivity contribution in [3.8, 4) is 11.8 Å². The van der Waals surface area contributed by atoms with Crippen LogP contribution in [0.4, 0.5) is 0 Å². The van der Waals surface area contributed by atoms with Crippen LogP contribution in [0.1, 0.15) is 17.2 Å². The second kappa shape index (κ2) is 4.97. The number of nitrogens with zero attached hydrogens (tertiary/aromatic N) is 1. The first-order chi connectivity index (χ1) is 7.85. The van der Waals surface area contributed by atoms with E-state index in [-0.39, 0.29) is 6.04 Å². The zero-order valence-corrected chi connectivity index (χ0v) is 9.19. The minimum Gasteiger partial charge on any atom is -0.495 e. The maximum Gasteiger partial charge on any atom is 0.136 e. The molecule has 1 unspecified atom stereocenters. The van der Waals surface area contributed by atoms with Gasteiger partial charge < -0.3 is 14.8 Å². The van der Waals surface area contributed by atoms with E-state index in [1.807, 2.05) is 18.2 Å². The number of hydrogen-bond donors (Lipinski definition) is 1. The monoisotopic (exact) mass is 218 g/mol. The summed E-state index contributed by atoms with van der Waals surface area (Å²) in [4.78, 5) is 0. The first-order valence-corrected chi connectivity index (χ1v) is 5.24. The van der Waals surface area contributed by atoms with Gasteiger partial charge in [-0.25, -0.2) is 0 Å². The van der Waals surface area contributed by atoms with Gasteiger partial charge in [0.05, 0.1) is 31.9 Å². The Morgan fingerprint density at radius 2 is 2.44 bits per heavy atom. The van der Waals surface area contributed by atoms with E-state index in [9.17, 15) is 0 Å². The average Bonchev–Trinajstić information content (AvgIpc) is 2.39. The van der Waals surface area contributed by atoms with Crippen LogP contribution in [0.25, 0.3) is 0 Å². The molecule has 0 spiro atoms. The molecule has 4 nitrogen and oxygen atoms in total. The van der Waals surface area contributed by atoms with Gasteiger partial charge in [0.15, 0.2) is 0 Å². The van der Waals surface area contributed by atoms with Crippen molar-refractivity contribution in [2.24, 2.45) is 0 Å². The zero-order chi connectivity index (χ0) is 11.4. The molecule has 1 fully saturated rings. The molecule has 1 aromatic rings. The Hall–Kier alpha value is -1.57. The Morgan fingerprint density at radius 3 is 3.06 bits per heavy atom. The minimum absolute atomic E-state index is 0.173. The van der Waals surface area contributed by atoms with Crippen molar-refractivity contribution in [1.29, 1.82) is 5.26 Å². The molecule has 1 saturated heterocycles. The summed E-state index contributed by atoms with van der Waals surface area (Å²) in [5.74, 6) is 0.614. The number of methoxy groups -OCH3 is 1. The van der Waals surface area contributed by atoms with E-state index >= 15 is 0 Å². The molecule has 0 amide bonds. The molecular formula is C12H14N2O2.